The summed E-state index contributed by atoms with van der Waals surface area (Å²) in [6.07, 6.45) is 2.64. The van der Waals surface area contributed by atoms with E-state index in [0.717, 1.165) is 48.1 Å². The molecule has 0 unspecified atom stereocenters. The maximum atomic E-state index is 5.80. The van der Waals surface area contributed by atoms with Crippen molar-refractivity contribution in [3.05, 3.63) is 52.8 Å². The molecule has 0 saturated heterocycles. The maximum absolute atomic E-state index is 5.80. The molecule has 6 nitrogen and oxygen atoms in total. The van der Waals surface area contributed by atoms with Gasteiger partial charge >= 0.3 is 0 Å². The number of nitrogens with zero attached hydrogens (tertiary/aromatic N) is 2. The average molecular weight is 489 g/mol. The summed E-state index contributed by atoms with van der Waals surface area (Å²) in [5.74, 6) is 2.34. The lowest BCUT2D eigenvalue weighted by Gasteiger charge is -2.11. The summed E-state index contributed by atoms with van der Waals surface area (Å²) in [5.41, 5.74) is 2.20. The second-order valence-electron chi connectivity index (χ2n) is 5.55. The number of aromatic nitrogens is 1. The zero-order valence-electron chi connectivity index (χ0n) is 14.5. The number of hydrogen-bond donors (Lipinski definition) is 2. The Kier molecular flexibility index (Phi) is 8.24. The summed E-state index contributed by atoms with van der Waals surface area (Å²) in [6, 6.07) is 9.67. The van der Waals surface area contributed by atoms with Crippen LogP contribution in [0.1, 0.15) is 18.1 Å². The van der Waals surface area contributed by atoms with Gasteiger partial charge in [-0.15, -0.1) is 24.0 Å². The van der Waals surface area contributed by atoms with E-state index in [1.54, 1.807) is 12.3 Å². The highest BCUT2D eigenvalue weighted by Crippen LogP contribution is 2.32. The molecule has 2 heterocycles. The van der Waals surface area contributed by atoms with Gasteiger partial charge in [-0.05, 0) is 42.7 Å². The van der Waals surface area contributed by atoms with Crippen molar-refractivity contribution in [2.75, 3.05) is 19.9 Å². The minimum atomic E-state index is 0. The molecule has 0 aliphatic carbocycles. The molecule has 0 saturated carbocycles. The van der Waals surface area contributed by atoms with Crippen LogP contribution in [-0.2, 0) is 13.0 Å². The predicted octanol–water partition coefficient (Wildman–Crippen LogP) is 3.38. The molecule has 0 bridgehead atoms. The first-order valence-corrected chi connectivity index (χ1v) is 8.63. The van der Waals surface area contributed by atoms with E-state index in [1.165, 1.54) is 0 Å². The summed E-state index contributed by atoms with van der Waals surface area (Å²) in [7, 11) is 0. The monoisotopic (exact) mass is 488 g/mol. The average Bonchev–Trinajstić information content (AvgIpc) is 3.09. The molecule has 0 amide bonds. The Balaban J connectivity index is 0.00000243. The number of guanidine groups is 1. The molecule has 0 spiro atoms. The van der Waals surface area contributed by atoms with Crippen LogP contribution in [0.25, 0.3) is 0 Å². The van der Waals surface area contributed by atoms with Crippen molar-refractivity contribution in [1.29, 1.82) is 0 Å². The summed E-state index contributed by atoms with van der Waals surface area (Å²) < 4.78 is 10.7. The lowest BCUT2D eigenvalue weighted by molar-refractivity contribution is 0.174. The van der Waals surface area contributed by atoms with Gasteiger partial charge in [0.1, 0.15) is 5.15 Å². The number of benzene rings is 1. The van der Waals surface area contributed by atoms with Crippen LogP contribution in [0.4, 0.5) is 0 Å². The molecule has 0 radical (unpaired) electrons. The van der Waals surface area contributed by atoms with Crippen molar-refractivity contribution in [3.8, 4) is 11.5 Å². The summed E-state index contributed by atoms with van der Waals surface area (Å²) in [5, 5.41) is 7.08. The number of fused-ring (bicyclic) bond motifs is 1. The fourth-order valence-corrected chi connectivity index (χ4v) is 2.54. The third kappa shape index (κ3) is 5.91. The molecule has 140 valence electrons. The third-order valence-electron chi connectivity index (χ3n) is 3.70. The standard InChI is InChI=1S/C18H21ClN4O2.HI/c1-2-20-18(21-8-7-13-4-6-17(19)22-10-13)23-11-14-3-5-15-16(9-14)25-12-24-15;/h3-6,9-10H,2,7-8,11-12H2,1H3,(H2,20,21,23);1H. The van der Waals surface area contributed by atoms with Crippen molar-refractivity contribution in [1.82, 2.24) is 15.6 Å². The molecule has 1 aromatic heterocycles. The lowest BCUT2D eigenvalue weighted by Crippen LogP contribution is -2.38. The van der Waals surface area contributed by atoms with Crippen LogP contribution in [0, 0.1) is 0 Å². The number of ether oxygens (including phenoxy) is 2. The first kappa shape index (κ1) is 20.6. The van der Waals surface area contributed by atoms with Crippen molar-refractivity contribution in [3.63, 3.8) is 0 Å². The minimum absolute atomic E-state index is 0. The van der Waals surface area contributed by atoms with Crippen LogP contribution in [0.15, 0.2) is 41.5 Å². The molecule has 1 aliphatic heterocycles. The third-order valence-corrected chi connectivity index (χ3v) is 3.92. The van der Waals surface area contributed by atoms with E-state index in [1.807, 2.05) is 31.2 Å². The van der Waals surface area contributed by atoms with Gasteiger partial charge in [0.2, 0.25) is 6.79 Å². The van der Waals surface area contributed by atoms with E-state index in [2.05, 4.69) is 20.6 Å². The highest BCUT2D eigenvalue weighted by molar-refractivity contribution is 14.0. The molecule has 2 aromatic rings. The van der Waals surface area contributed by atoms with Gasteiger partial charge in [-0.3, -0.25) is 0 Å². The van der Waals surface area contributed by atoms with E-state index in [0.29, 0.717) is 11.7 Å². The number of aliphatic imine (C=N–C) groups is 1. The molecule has 0 atom stereocenters. The molecule has 0 fully saturated rings. The van der Waals surface area contributed by atoms with Gasteiger partial charge in [-0.1, -0.05) is 23.7 Å². The molecule has 8 heteroatoms. The van der Waals surface area contributed by atoms with E-state index >= 15 is 0 Å². The molecular weight excluding hydrogens is 467 g/mol. The van der Waals surface area contributed by atoms with E-state index < -0.39 is 0 Å². The molecule has 1 aliphatic rings. The number of pyridine rings is 1. The molecular formula is C18H22ClIN4O2. The Labute approximate surface area is 175 Å². The number of hydrogen-bond acceptors (Lipinski definition) is 4. The highest BCUT2D eigenvalue weighted by atomic mass is 127. The fourth-order valence-electron chi connectivity index (χ4n) is 2.43. The topological polar surface area (TPSA) is 67.8 Å². The van der Waals surface area contributed by atoms with Crippen LogP contribution in [-0.4, -0.2) is 30.8 Å². The quantitative estimate of drug-likeness (QED) is 0.282. The zero-order chi connectivity index (χ0) is 17.5. The van der Waals surface area contributed by atoms with Gasteiger partial charge in [0.05, 0.1) is 6.54 Å². The first-order chi connectivity index (χ1) is 12.2. The fraction of sp³-hybridized carbons (Fsp3) is 0.333. The van der Waals surface area contributed by atoms with Crippen LogP contribution in [0.5, 0.6) is 11.5 Å². The summed E-state index contributed by atoms with van der Waals surface area (Å²) >= 11 is 5.80. The molecule has 2 N–H and O–H groups in total. The van der Waals surface area contributed by atoms with Crippen molar-refractivity contribution in [2.45, 2.75) is 19.9 Å². The van der Waals surface area contributed by atoms with Crippen molar-refractivity contribution in [2.24, 2.45) is 4.99 Å². The first-order valence-electron chi connectivity index (χ1n) is 8.25. The Hall–Kier alpha value is -1.74. The van der Waals surface area contributed by atoms with Crippen LogP contribution >= 0.6 is 35.6 Å². The summed E-state index contributed by atoms with van der Waals surface area (Å²) in [6.45, 7) is 4.45. The Bertz CT molecular complexity index is 740. The lowest BCUT2D eigenvalue weighted by atomic mass is 10.2. The zero-order valence-corrected chi connectivity index (χ0v) is 17.6. The van der Waals surface area contributed by atoms with Crippen LogP contribution < -0.4 is 20.1 Å². The number of nitrogens with one attached hydrogen (secondary N) is 2. The van der Waals surface area contributed by atoms with E-state index in [-0.39, 0.29) is 30.8 Å². The van der Waals surface area contributed by atoms with E-state index in [4.69, 9.17) is 21.1 Å². The van der Waals surface area contributed by atoms with Gasteiger partial charge in [0, 0.05) is 19.3 Å². The number of halogens is 2. The molecule has 3 rings (SSSR count). The van der Waals surface area contributed by atoms with Crippen molar-refractivity contribution >= 4 is 41.5 Å². The normalized spacial score (nSPS) is 12.5. The van der Waals surface area contributed by atoms with Gasteiger partial charge in [0.15, 0.2) is 17.5 Å². The smallest absolute Gasteiger partial charge is 0.231 e. The van der Waals surface area contributed by atoms with Gasteiger partial charge in [-0.25, -0.2) is 9.98 Å². The van der Waals surface area contributed by atoms with Gasteiger partial charge in [-0.2, -0.15) is 0 Å². The Morgan fingerprint density at radius 2 is 1.96 bits per heavy atom. The minimum Gasteiger partial charge on any atom is -0.454 e. The highest BCUT2D eigenvalue weighted by Gasteiger charge is 2.12. The van der Waals surface area contributed by atoms with Gasteiger partial charge < -0.3 is 20.1 Å². The van der Waals surface area contributed by atoms with Crippen LogP contribution in [0.2, 0.25) is 5.15 Å². The SMILES string of the molecule is CCNC(=NCc1ccc2c(c1)OCO2)NCCc1ccc(Cl)nc1.I. The van der Waals surface area contributed by atoms with Crippen molar-refractivity contribution < 1.29 is 9.47 Å². The molecule has 1 aromatic carbocycles. The molecule has 26 heavy (non-hydrogen) atoms. The second kappa shape index (κ2) is 10.4. The van der Waals surface area contributed by atoms with E-state index in [9.17, 15) is 0 Å². The van der Waals surface area contributed by atoms with Gasteiger partial charge in [0.25, 0.3) is 0 Å². The summed E-state index contributed by atoms with van der Waals surface area (Å²) in [4.78, 5) is 8.70. The largest absolute Gasteiger partial charge is 0.454 e. The maximum Gasteiger partial charge on any atom is 0.231 e. The Morgan fingerprint density at radius 3 is 2.73 bits per heavy atom. The van der Waals surface area contributed by atoms with Crippen LogP contribution in [0.3, 0.4) is 0 Å². The number of rotatable bonds is 6. The second-order valence-corrected chi connectivity index (χ2v) is 5.94. The predicted molar refractivity (Wildman–Crippen MR) is 114 cm³/mol. The Morgan fingerprint density at radius 1 is 1.15 bits per heavy atom.